The van der Waals surface area contributed by atoms with Crippen LogP contribution in [-0.2, 0) is 4.74 Å². The minimum absolute atomic E-state index is 0.175. The molecule has 2 fully saturated rings. The van der Waals surface area contributed by atoms with Gasteiger partial charge in [0.1, 0.15) is 5.60 Å². The maximum absolute atomic E-state index is 12.7. The van der Waals surface area contributed by atoms with Crippen molar-refractivity contribution in [3.05, 3.63) is 24.3 Å². The lowest BCUT2D eigenvalue weighted by Gasteiger charge is -2.40. The van der Waals surface area contributed by atoms with Crippen LogP contribution < -0.4 is 4.74 Å². The Bertz CT molecular complexity index is 809. The first-order valence-electron chi connectivity index (χ1n) is 9.39. The van der Waals surface area contributed by atoms with Crippen LogP contribution in [0.5, 0.6) is 6.01 Å². The first kappa shape index (κ1) is 17.2. The number of para-hydroxylation sites is 2. The molecule has 26 heavy (non-hydrogen) atoms. The topological polar surface area (TPSA) is 56.6 Å². The van der Waals surface area contributed by atoms with Gasteiger partial charge in [0, 0.05) is 18.1 Å². The van der Waals surface area contributed by atoms with Crippen LogP contribution >= 0.6 is 0 Å². The number of aromatic nitrogens is 2. The number of ether oxygens (including phenoxy) is 2. The molecule has 2 atom stereocenters. The second-order valence-corrected chi connectivity index (χ2v) is 8.36. The highest BCUT2D eigenvalue weighted by Crippen LogP contribution is 2.43. The molecule has 6 heteroatoms. The highest BCUT2D eigenvalue weighted by atomic mass is 16.6. The smallest absolute Gasteiger partial charge is 0.410 e. The van der Waals surface area contributed by atoms with Crippen molar-refractivity contribution in [2.75, 3.05) is 7.11 Å². The van der Waals surface area contributed by atoms with Crippen molar-refractivity contribution in [2.24, 2.45) is 0 Å². The number of piperidine rings is 1. The number of nitrogens with zero attached hydrogens (tertiary/aromatic N) is 3. The molecular weight excluding hydrogens is 330 g/mol. The van der Waals surface area contributed by atoms with E-state index in [0.29, 0.717) is 6.01 Å². The molecule has 2 bridgehead atoms. The summed E-state index contributed by atoms with van der Waals surface area (Å²) < 4.78 is 13.4. The molecule has 1 amide bonds. The molecule has 2 aliphatic heterocycles. The Morgan fingerprint density at radius 2 is 1.77 bits per heavy atom. The largest absolute Gasteiger partial charge is 0.468 e. The van der Waals surface area contributed by atoms with E-state index in [1.165, 1.54) is 0 Å². The van der Waals surface area contributed by atoms with E-state index in [1.54, 1.807) is 7.11 Å². The highest BCUT2D eigenvalue weighted by Gasteiger charge is 2.46. The minimum atomic E-state index is -0.461. The van der Waals surface area contributed by atoms with Gasteiger partial charge in [-0.25, -0.2) is 4.79 Å². The molecule has 140 valence electrons. The Labute approximate surface area is 154 Å². The predicted octanol–water partition coefficient (Wildman–Crippen LogP) is 4.15. The van der Waals surface area contributed by atoms with E-state index < -0.39 is 5.60 Å². The van der Waals surface area contributed by atoms with Gasteiger partial charge in [0.05, 0.1) is 18.1 Å². The quantitative estimate of drug-likeness (QED) is 0.810. The number of amides is 1. The molecule has 2 unspecified atom stereocenters. The van der Waals surface area contributed by atoms with Gasteiger partial charge in [-0.05, 0) is 58.6 Å². The number of fused-ring (bicyclic) bond motifs is 3. The predicted molar refractivity (Wildman–Crippen MR) is 99.4 cm³/mol. The lowest BCUT2D eigenvalue weighted by molar-refractivity contribution is 0.00286. The number of benzene rings is 1. The summed E-state index contributed by atoms with van der Waals surface area (Å²) in [5.41, 5.74) is 1.59. The zero-order chi connectivity index (χ0) is 18.5. The molecule has 3 heterocycles. The third-order valence-corrected chi connectivity index (χ3v) is 5.42. The Kier molecular flexibility index (Phi) is 4.09. The standard InChI is InChI=1S/C20H27N3O3/c1-20(2,3)26-19(24)22-13-9-10-14(22)12-15(11-13)23-17-8-6-5-7-16(17)21-18(23)25-4/h5-8,13-15H,9-12H2,1-4H3. The molecule has 0 radical (unpaired) electrons. The van der Waals surface area contributed by atoms with Crippen molar-refractivity contribution >= 4 is 17.1 Å². The fourth-order valence-electron chi connectivity index (χ4n) is 4.49. The summed E-state index contributed by atoms with van der Waals surface area (Å²) in [5, 5.41) is 0. The maximum atomic E-state index is 12.7. The van der Waals surface area contributed by atoms with E-state index in [-0.39, 0.29) is 24.2 Å². The summed E-state index contributed by atoms with van der Waals surface area (Å²) in [7, 11) is 1.67. The van der Waals surface area contributed by atoms with Crippen LogP contribution in [0, 0.1) is 0 Å². The molecule has 1 aromatic carbocycles. The van der Waals surface area contributed by atoms with Crippen LogP contribution in [0.1, 0.15) is 52.5 Å². The molecule has 2 aliphatic rings. The van der Waals surface area contributed by atoms with E-state index in [0.717, 1.165) is 36.7 Å². The number of rotatable bonds is 2. The normalized spacial score (nSPS) is 25.5. The van der Waals surface area contributed by atoms with Crippen molar-refractivity contribution < 1.29 is 14.3 Å². The third kappa shape index (κ3) is 2.91. The molecule has 1 aromatic heterocycles. The molecule has 0 N–H and O–H groups in total. The van der Waals surface area contributed by atoms with Crippen LogP contribution in [0.4, 0.5) is 4.79 Å². The first-order chi connectivity index (χ1) is 12.4. The van der Waals surface area contributed by atoms with Crippen LogP contribution in [0.25, 0.3) is 11.0 Å². The van der Waals surface area contributed by atoms with Crippen LogP contribution in [0.2, 0.25) is 0 Å². The number of carbonyl (C=O) groups excluding carboxylic acids is 1. The Balaban J connectivity index is 1.61. The molecule has 4 rings (SSSR count). The Morgan fingerprint density at radius 1 is 1.12 bits per heavy atom. The summed E-state index contributed by atoms with van der Waals surface area (Å²) in [6, 6.07) is 9.51. The summed E-state index contributed by atoms with van der Waals surface area (Å²) in [6.45, 7) is 5.76. The van der Waals surface area contributed by atoms with Crippen LogP contribution in [-0.4, -0.2) is 45.3 Å². The third-order valence-electron chi connectivity index (χ3n) is 5.42. The van der Waals surface area contributed by atoms with Crippen molar-refractivity contribution in [1.29, 1.82) is 0 Å². The van der Waals surface area contributed by atoms with Gasteiger partial charge >= 0.3 is 6.09 Å². The van der Waals surface area contributed by atoms with Crippen molar-refractivity contribution in [2.45, 2.75) is 70.2 Å². The summed E-state index contributed by atoms with van der Waals surface area (Å²) >= 11 is 0. The molecule has 2 aromatic rings. The Morgan fingerprint density at radius 3 is 2.38 bits per heavy atom. The van der Waals surface area contributed by atoms with E-state index in [9.17, 15) is 4.79 Å². The van der Waals surface area contributed by atoms with Gasteiger partial charge in [-0.3, -0.25) is 4.57 Å². The van der Waals surface area contributed by atoms with Crippen LogP contribution in [0.3, 0.4) is 0 Å². The van der Waals surface area contributed by atoms with Gasteiger partial charge < -0.3 is 14.4 Å². The average molecular weight is 357 g/mol. The minimum Gasteiger partial charge on any atom is -0.468 e. The molecule has 0 saturated carbocycles. The van der Waals surface area contributed by atoms with Crippen molar-refractivity contribution in [3.8, 4) is 6.01 Å². The van der Waals surface area contributed by atoms with E-state index in [2.05, 4.69) is 15.6 Å². The highest BCUT2D eigenvalue weighted by molar-refractivity contribution is 5.77. The maximum Gasteiger partial charge on any atom is 0.410 e. The lowest BCUT2D eigenvalue weighted by atomic mass is 9.97. The average Bonchev–Trinajstić information content (AvgIpc) is 3.08. The van der Waals surface area contributed by atoms with Gasteiger partial charge in [-0.2, -0.15) is 4.98 Å². The van der Waals surface area contributed by atoms with Crippen molar-refractivity contribution in [1.82, 2.24) is 14.5 Å². The SMILES string of the molecule is COc1nc2ccccc2n1C1CC2CCC(C1)N2C(=O)OC(C)(C)C. The fourth-order valence-corrected chi connectivity index (χ4v) is 4.49. The fraction of sp³-hybridized carbons (Fsp3) is 0.600. The molecular formula is C20H27N3O3. The van der Waals surface area contributed by atoms with Gasteiger partial charge in [0.15, 0.2) is 0 Å². The number of imidazole rings is 1. The van der Waals surface area contributed by atoms with Gasteiger partial charge in [-0.1, -0.05) is 12.1 Å². The summed E-state index contributed by atoms with van der Waals surface area (Å²) in [5.74, 6) is 0. The zero-order valence-corrected chi connectivity index (χ0v) is 15.9. The van der Waals surface area contributed by atoms with E-state index in [4.69, 9.17) is 9.47 Å². The Hall–Kier alpha value is -2.24. The van der Waals surface area contributed by atoms with Crippen molar-refractivity contribution in [3.63, 3.8) is 0 Å². The number of methoxy groups -OCH3 is 1. The molecule has 0 aliphatic carbocycles. The van der Waals surface area contributed by atoms with Gasteiger partial charge in [-0.15, -0.1) is 0 Å². The van der Waals surface area contributed by atoms with Crippen LogP contribution in [0.15, 0.2) is 24.3 Å². The number of carbonyl (C=O) groups is 1. The summed E-state index contributed by atoms with van der Waals surface area (Å²) in [4.78, 5) is 19.3. The second kappa shape index (κ2) is 6.18. The monoisotopic (exact) mass is 357 g/mol. The lowest BCUT2D eigenvalue weighted by Crippen LogP contribution is -2.48. The summed E-state index contributed by atoms with van der Waals surface area (Å²) in [6.07, 6.45) is 3.72. The van der Waals surface area contributed by atoms with Gasteiger partial charge in [0.2, 0.25) is 0 Å². The van der Waals surface area contributed by atoms with Gasteiger partial charge in [0.25, 0.3) is 6.01 Å². The number of hydrogen-bond donors (Lipinski definition) is 0. The second-order valence-electron chi connectivity index (χ2n) is 8.36. The molecule has 2 saturated heterocycles. The van der Waals surface area contributed by atoms with E-state index >= 15 is 0 Å². The zero-order valence-electron chi connectivity index (χ0n) is 15.9. The first-order valence-corrected chi connectivity index (χ1v) is 9.39. The molecule has 0 spiro atoms. The van der Waals surface area contributed by atoms with E-state index in [1.807, 2.05) is 43.9 Å². The molecule has 6 nitrogen and oxygen atoms in total. The number of hydrogen-bond acceptors (Lipinski definition) is 4.